The molecule has 94 valence electrons. The molecule has 0 aliphatic carbocycles. The molecule has 1 fully saturated rings. The summed E-state index contributed by atoms with van der Waals surface area (Å²) in [5.41, 5.74) is 4.83. The number of alkyl halides is 1. The molecule has 1 aromatic rings. The van der Waals surface area contributed by atoms with Crippen molar-refractivity contribution in [2.45, 2.75) is 18.8 Å². The van der Waals surface area contributed by atoms with Gasteiger partial charge in [0.1, 0.15) is 12.0 Å². The Labute approximate surface area is 96.8 Å². The monoisotopic (exact) mass is 243 g/mol. The first-order valence-electron chi connectivity index (χ1n) is 5.32. The fourth-order valence-corrected chi connectivity index (χ4v) is 1.96. The molecule has 0 aromatic carbocycles. The number of aromatic nitrogens is 2. The lowest BCUT2D eigenvalue weighted by Gasteiger charge is -2.14. The summed E-state index contributed by atoms with van der Waals surface area (Å²) in [6, 6.07) is 1.47. The SMILES string of the molecule is Nc1ccn([C@H]2C[C@H](CF)[C@@H](CO)O2)c(=O)n1. The highest BCUT2D eigenvalue weighted by Crippen LogP contribution is 2.32. The van der Waals surface area contributed by atoms with Crippen LogP contribution in [0.1, 0.15) is 12.6 Å². The number of halogens is 1. The number of ether oxygens (including phenoxy) is 1. The van der Waals surface area contributed by atoms with Gasteiger partial charge in [-0.2, -0.15) is 4.98 Å². The maximum Gasteiger partial charge on any atom is 0.351 e. The van der Waals surface area contributed by atoms with E-state index in [1.165, 1.54) is 16.8 Å². The van der Waals surface area contributed by atoms with E-state index in [0.717, 1.165) is 0 Å². The van der Waals surface area contributed by atoms with Crippen molar-refractivity contribution in [1.82, 2.24) is 9.55 Å². The molecule has 3 N–H and O–H groups in total. The highest BCUT2D eigenvalue weighted by molar-refractivity contribution is 5.23. The normalized spacial score (nSPS) is 28.5. The van der Waals surface area contributed by atoms with Crippen LogP contribution < -0.4 is 11.4 Å². The van der Waals surface area contributed by atoms with Crippen LogP contribution in [0.15, 0.2) is 17.1 Å². The second-order valence-electron chi connectivity index (χ2n) is 4.00. The van der Waals surface area contributed by atoms with Crippen LogP contribution >= 0.6 is 0 Å². The predicted molar refractivity (Wildman–Crippen MR) is 58.0 cm³/mol. The number of aliphatic hydroxyl groups excluding tert-OH is 1. The van der Waals surface area contributed by atoms with Gasteiger partial charge in [0.25, 0.3) is 0 Å². The Kier molecular flexibility index (Phi) is 3.39. The van der Waals surface area contributed by atoms with E-state index in [1.54, 1.807) is 0 Å². The van der Waals surface area contributed by atoms with Crippen LogP contribution in [-0.4, -0.2) is 34.0 Å². The Balaban J connectivity index is 2.22. The fourth-order valence-electron chi connectivity index (χ4n) is 1.96. The first kappa shape index (κ1) is 12.0. The minimum absolute atomic E-state index is 0.130. The summed E-state index contributed by atoms with van der Waals surface area (Å²) < 4.78 is 19.3. The second-order valence-corrected chi connectivity index (χ2v) is 4.00. The van der Waals surface area contributed by atoms with Crippen LogP contribution in [0.3, 0.4) is 0 Å². The molecule has 0 amide bonds. The summed E-state index contributed by atoms with van der Waals surface area (Å²) in [7, 11) is 0. The van der Waals surface area contributed by atoms with E-state index < -0.39 is 30.6 Å². The van der Waals surface area contributed by atoms with E-state index in [1.807, 2.05) is 0 Å². The molecule has 2 heterocycles. The molecular weight excluding hydrogens is 229 g/mol. The summed E-state index contributed by atoms with van der Waals surface area (Å²) in [5, 5.41) is 9.03. The molecule has 1 aromatic heterocycles. The Morgan fingerprint density at radius 3 is 3.00 bits per heavy atom. The molecule has 6 nitrogen and oxygen atoms in total. The van der Waals surface area contributed by atoms with Crippen LogP contribution in [-0.2, 0) is 4.74 Å². The zero-order valence-electron chi connectivity index (χ0n) is 9.12. The minimum Gasteiger partial charge on any atom is -0.394 e. The van der Waals surface area contributed by atoms with Crippen LogP contribution in [0.5, 0.6) is 0 Å². The van der Waals surface area contributed by atoms with E-state index >= 15 is 0 Å². The van der Waals surface area contributed by atoms with Crippen molar-refractivity contribution in [1.29, 1.82) is 0 Å². The average Bonchev–Trinajstić information content (AvgIpc) is 2.72. The highest BCUT2D eigenvalue weighted by atomic mass is 19.1. The number of rotatable bonds is 3. The third-order valence-electron chi connectivity index (χ3n) is 2.90. The van der Waals surface area contributed by atoms with Gasteiger partial charge >= 0.3 is 5.69 Å². The van der Waals surface area contributed by atoms with Crippen molar-refractivity contribution in [3.63, 3.8) is 0 Å². The van der Waals surface area contributed by atoms with E-state index in [9.17, 15) is 9.18 Å². The molecule has 0 unspecified atom stereocenters. The zero-order valence-corrected chi connectivity index (χ0v) is 9.12. The number of hydrogen-bond donors (Lipinski definition) is 2. The van der Waals surface area contributed by atoms with Crippen molar-refractivity contribution in [2.75, 3.05) is 19.0 Å². The number of anilines is 1. The molecule has 1 aliphatic heterocycles. The lowest BCUT2D eigenvalue weighted by molar-refractivity contribution is -0.0340. The number of nitrogens with two attached hydrogens (primary N) is 1. The van der Waals surface area contributed by atoms with E-state index in [2.05, 4.69) is 4.98 Å². The number of hydrogen-bond acceptors (Lipinski definition) is 5. The minimum atomic E-state index is -0.589. The molecule has 1 saturated heterocycles. The molecule has 1 aliphatic rings. The van der Waals surface area contributed by atoms with Crippen LogP contribution in [0.25, 0.3) is 0 Å². The second kappa shape index (κ2) is 4.80. The summed E-state index contributed by atoms with van der Waals surface area (Å²) in [4.78, 5) is 15.1. The number of nitrogen functional groups attached to an aromatic ring is 1. The van der Waals surface area contributed by atoms with E-state index in [0.29, 0.717) is 6.42 Å². The topological polar surface area (TPSA) is 90.4 Å². The number of aliphatic hydroxyl groups is 1. The van der Waals surface area contributed by atoms with Crippen molar-refractivity contribution < 1.29 is 14.2 Å². The van der Waals surface area contributed by atoms with Gasteiger partial charge in [0.2, 0.25) is 0 Å². The van der Waals surface area contributed by atoms with Gasteiger partial charge in [-0.25, -0.2) is 4.79 Å². The van der Waals surface area contributed by atoms with Gasteiger partial charge in [-0.05, 0) is 6.07 Å². The Hall–Kier alpha value is -1.47. The lowest BCUT2D eigenvalue weighted by Crippen LogP contribution is -2.27. The summed E-state index contributed by atoms with van der Waals surface area (Å²) in [5.74, 6) is -0.264. The molecule has 0 saturated carbocycles. The first-order valence-corrected chi connectivity index (χ1v) is 5.32. The van der Waals surface area contributed by atoms with Crippen molar-refractivity contribution in [3.05, 3.63) is 22.7 Å². The molecular formula is C10H14FN3O3. The largest absolute Gasteiger partial charge is 0.394 e. The lowest BCUT2D eigenvalue weighted by atomic mass is 10.0. The molecule has 7 heteroatoms. The summed E-state index contributed by atoms with van der Waals surface area (Å²) >= 11 is 0. The quantitative estimate of drug-likeness (QED) is 0.760. The predicted octanol–water partition coefficient (Wildman–Crippen LogP) is -0.309. The number of nitrogens with zero attached hydrogens (tertiary/aromatic N) is 2. The summed E-state index contributed by atoms with van der Waals surface area (Å²) in [6.45, 7) is -0.846. The zero-order chi connectivity index (χ0) is 12.4. The van der Waals surface area contributed by atoms with Gasteiger partial charge in [-0.1, -0.05) is 0 Å². The maximum absolute atomic E-state index is 12.7. The molecule has 17 heavy (non-hydrogen) atoms. The Morgan fingerprint density at radius 1 is 1.71 bits per heavy atom. The van der Waals surface area contributed by atoms with Gasteiger partial charge in [0.15, 0.2) is 0 Å². The molecule has 0 spiro atoms. The van der Waals surface area contributed by atoms with Crippen molar-refractivity contribution in [3.8, 4) is 0 Å². The molecule has 3 atom stereocenters. The maximum atomic E-state index is 12.7. The Morgan fingerprint density at radius 2 is 2.47 bits per heavy atom. The fraction of sp³-hybridized carbons (Fsp3) is 0.600. The van der Waals surface area contributed by atoms with Crippen molar-refractivity contribution in [2.24, 2.45) is 5.92 Å². The third kappa shape index (κ3) is 2.29. The van der Waals surface area contributed by atoms with Gasteiger partial charge < -0.3 is 15.6 Å². The third-order valence-corrected chi connectivity index (χ3v) is 2.90. The molecule has 2 rings (SSSR count). The van der Waals surface area contributed by atoms with E-state index in [-0.39, 0.29) is 12.4 Å². The van der Waals surface area contributed by atoms with Gasteiger partial charge in [-0.3, -0.25) is 8.96 Å². The standard InChI is InChI=1S/C10H14FN3O3/c11-4-6-3-9(17-7(6)5-15)14-2-1-8(12)13-10(14)16/h1-2,6-7,9,15H,3-5H2,(H2,12,13,16)/t6-,7-,9-/m1/s1. The molecule has 0 bridgehead atoms. The van der Waals surface area contributed by atoms with Gasteiger partial charge in [-0.15, -0.1) is 0 Å². The van der Waals surface area contributed by atoms with Crippen LogP contribution in [0, 0.1) is 5.92 Å². The smallest absolute Gasteiger partial charge is 0.351 e. The van der Waals surface area contributed by atoms with Gasteiger partial charge in [0.05, 0.1) is 19.4 Å². The first-order chi connectivity index (χ1) is 8.15. The van der Waals surface area contributed by atoms with Crippen LogP contribution in [0.4, 0.5) is 10.2 Å². The van der Waals surface area contributed by atoms with Gasteiger partial charge in [0, 0.05) is 18.5 Å². The average molecular weight is 243 g/mol. The van der Waals surface area contributed by atoms with Crippen LogP contribution in [0.2, 0.25) is 0 Å². The summed E-state index contributed by atoms with van der Waals surface area (Å²) in [6.07, 6.45) is 0.639. The Bertz CT molecular complexity index is 439. The van der Waals surface area contributed by atoms with E-state index in [4.69, 9.17) is 15.6 Å². The highest BCUT2D eigenvalue weighted by Gasteiger charge is 2.36. The molecule has 0 radical (unpaired) electrons. The van der Waals surface area contributed by atoms with Crippen molar-refractivity contribution >= 4 is 5.82 Å².